The highest BCUT2D eigenvalue weighted by Gasteiger charge is 2.05. The van der Waals surface area contributed by atoms with Crippen molar-refractivity contribution in [1.82, 2.24) is 0 Å². The maximum Gasteiger partial charge on any atom is 0.185 e. The fourth-order valence-corrected chi connectivity index (χ4v) is 2.70. The van der Waals surface area contributed by atoms with Crippen molar-refractivity contribution in [2.24, 2.45) is 0 Å². The van der Waals surface area contributed by atoms with Gasteiger partial charge in [-0.05, 0) is 60.7 Å². The fourth-order valence-electron chi connectivity index (χ4n) is 2.15. The van der Waals surface area contributed by atoms with Crippen LogP contribution in [0.4, 0.5) is 0 Å². The van der Waals surface area contributed by atoms with Gasteiger partial charge in [0.15, 0.2) is 5.78 Å². The van der Waals surface area contributed by atoms with Gasteiger partial charge in [-0.25, -0.2) is 0 Å². The van der Waals surface area contributed by atoms with E-state index in [2.05, 4.69) is 15.9 Å². The SMILES string of the molecule is O=C(/C=C/c1ccc(COc2ccc(Cl)c(Cl)c2)o1)c1ccc(Br)cc1. The summed E-state index contributed by atoms with van der Waals surface area (Å²) in [5, 5.41) is 0.901. The van der Waals surface area contributed by atoms with Crippen LogP contribution in [-0.2, 0) is 6.61 Å². The average molecular weight is 452 g/mol. The van der Waals surface area contributed by atoms with Crippen molar-refractivity contribution < 1.29 is 13.9 Å². The van der Waals surface area contributed by atoms with Gasteiger partial charge in [0.25, 0.3) is 0 Å². The second kappa shape index (κ2) is 8.58. The summed E-state index contributed by atoms with van der Waals surface area (Å²) in [5.41, 5.74) is 0.610. The zero-order valence-electron chi connectivity index (χ0n) is 13.4. The molecule has 26 heavy (non-hydrogen) atoms. The van der Waals surface area contributed by atoms with E-state index in [0.717, 1.165) is 4.47 Å². The Morgan fingerprint density at radius 2 is 1.81 bits per heavy atom. The monoisotopic (exact) mass is 450 g/mol. The molecule has 6 heteroatoms. The molecule has 0 atom stereocenters. The van der Waals surface area contributed by atoms with Crippen LogP contribution in [-0.4, -0.2) is 5.78 Å². The zero-order chi connectivity index (χ0) is 18.5. The first-order chi connectivity index (χ1) is 12.5. The molecule has 0 radical (unpaired) electrons. The third kappa shape index (κ3) is 5.01. The fraction of sp³-hybridized carbons (Fsp3) is 0.0500. The molecule has 0 aliphatic carbocycles. The van der Waals surface area contributed by atoms with Crippen LogP contribution >= 0.6 is 39.1 Å². The van der Waals surface area contributed by atoms with Crippen molar-refractivity contribution in [3.8, 4) is 5.75 Å². The van der Waals surface area contributed by atoms with Crippen molar-refractivity contribution in [1.29, 1.82) is 0 Å². The molecule has 132 valence electrons. The minimum atomic E-state index is -0.0949. The number of carbonyl (C=O) groups is 1. The topological polar surface area (TPSA) is 39.4 Å². The predicted octanol–water partition coefficient (Wildman–Crippen LogP) is 6.82. The molecule has 1 aromatic heterocycles. The van der Waals surface area contributed by atoms with Crippen LogP contribution in [0.2, 0.25) is 10.0 Å². The van der Waals surface area contributed by atoms with Crippen molar-refractivity contribution in [3.05, 3.63) is 92.3 Å². The largest absolute Gasteiger partial charge is 0.486 e. The molecule has 0 N–H and O–H groups in total. The third-order valence-electron chi connectivity index (χ3n) is 3.48. The maximum atomic E-state index is 12.1. The molecular formula is C20H13BrCl2O3. The Bertz CT molecular complexity index is 946. The summed E-state index contributed by atoms with van der Waals surface area (Å²) in [5.74, 6) is 1.70. The van der Waals surface area contributed by atoms with E-state index >= 15 is 0 Å². The molecule has 3 aromatic rings. The summed E-state index contributed by atoms with van der Waals surface area (Å²) >= 11 is 15.2. The Labute approximate surface area is 169 Å². The van der Waals surface area contributed by atoms with Gasteiger partial charge in [0.1, 0.15) is 23.9 Å². The molecule has 0 spiro atoms. The van der Waals surface area contributed by atoms with Crippen LogP contribution < -0.4 is 4.74 Å². The molecule has 0 amide bonds. The highest BCUT2D eigenvalue weighted by atomic mass is 79.9. The lowest BCUT2D eigenvalue weighted by Gasteiger charge is -2.05. The number of rotatable bonds is 6. The van der Waals surface area contributed by atoms with Gasteiger partial charge < -0.3 is 9.15 Å². The van der Waals surface area contributed by atoms with E-state index in [9.17, 15) is 4.79 Å². The van der Waals surface area contributed by atoms with E-state index in [1.54, 1.807) is 48.5 Å². The van der Waals surface area contributed by atoms with Crippen LogP contribution in [0.15, 0.2) is 69.6 Å². The zero-order valence-corrected chi connectivity index (χ0v) is 16.5. The second-order valence-corrected chi connectivity index (χ2v) is 7.10. The van der Waals surface area contributed by atoms with E-state index in [1.807, 2.05) is 12.1 Å². The molecule has 0 aliphatic rings. The normalized spacial score (nSPS) is 11.0. The summed E-state index contributed by atoms with van der Waals surface area (Å²) in [4.78, 5) is 12.1. The molecule has 0 unspecified atom stereocenters. The van der Waals surface area contributed by atoms with Crippen LogP contribution in [0.3, 0.4) is 0 Å². The molecular weight excluding hydrogens is 439 g/mol. The highest BCUT2D eigenvalue weighted by molar-refractivity contribution is 9.10. The number of ketones is 1. The average Bonchev–Trinajstić information content (AvgIpc) is 3.09. The number of furan rings is 1. The molecule has 0 fully saturated rings. The molecule has 2 aromatic carbocycles. The molecule has 3 nitrogen and oxygen atoms in total. The lowest BCUT2D eigenvalue weighted by atomic mass is 10.1. The molecule has 3 rings (SSSR count). The number of halogens is 3. The Kier molecular flexibility index (Phi) is 6.20. The number of carbonyl (C=O) groups excluding carboxylic acids is 1. The van der Waals surface area contributed by atoms with Crippen molar-refractivity contribution >= 4 is 51.0 Å². The standard InChI is InChI=1S/C20H13BrCl2O3/c21-14-3-1-13(2-4-14)20(24)10-8-15-5-6-17(26-15)12-25-16-7-9-18(22)19(23)11-16/h1-11H,12H2/b10-8+. The number of benzene rings is 2. The molecule has 0 saturated carbocycles. The van der Waals surface area contributed by atoms with Gasteiger partial charge in [-0.15, -0.1) is 0 Å². The van der Waals surface area contributed by atoms with Crippen molar-refractivity contribution in [2.75, 3.05) is 0 Å². The first kappa shape index (κ1) is 18.8. The lowest BCUT2D eigenvalue weighted by molar-refractivity contribution is 0.104. The van der Waals surface area contributed by atoms with Gasteiger partial charge in [0.05, 0.1) is 10.0 Å². The minimum absolute atomic E-state index is 0.0949. The number of hydrogen-bond donors (Lipinski definition) is 0. The minimum Gasteiger partial charge on any atom is -0.486 e. The summed E-state index contributed by atoms with van der Waals surface area (Å²) in [6.07, 6.45) is 3.11. The van der Waals surface area contributed by atoms with Gasteiger partial charge in [-0.3, -0.25) is 4.79 Å². The smallest absolute Gasteiger partial charge is 0.185 e. The number of ether oxygens (including phenoxy) is 1. The van der Waals surface area contributed by atoms with Crippen molar-refractivity contribution in [2.45, 2.75) is 6.61 Å². The third-order valence-corrected chi connectivity index (χ3v) is 4.75. The predicted molar refractivity (Wildman–Crippen MR) is 107 cm³/mol. The first-order valence-corrected chi connectivity index (χ1v) is 9.21. The second-order valence-electron chi connectivity index (χ2n) is 5.37. The summed E-state index contributed by atoms with van der Waals surface area (Å²) in [6, 6.07) is 15.8. The Balaban J connectivity index is 1.59. The van der Waals surface area contributed by atoms with E-state index < -0.39 is 0 Å². The van der Waals surface area contributed by atoms with Crippen molar-refractivity contribution in [3.63, 3.8) is 0 Å². The first-order valence-electron chi connectivity index (χ1n) is 7.66. The van der Waals surface area contributed by atoms with Crippen LogP contribution in [0.5, 0.6) is 5.75 Å². The lowest BCUT2D eigenvalue weighted by Crippen LogP contribution is -1.93. The molecule has 0 bridgehead atoms. The van der Waals surface area contributed by atoms with Crippen LogP contribution in [0, 0.1) is 0 Å². The number of allylic oxidation sites excluding steroid dienone is 1. The van der Waals surface area contributed by atoms with Gasteiger partial charge in [0.2, 0.25) is 0 Å². The van der Waals surface area contributed by atoms with Gasteiger partial charge >= 0.3 is 0 Å². The Morgan fingerprint density at radius 1 is 1.04 bits per heavy atom. The molecule has 0 saturated heterocycles. The quantitative estimate of drug-likeness (QED) is 0.304. The summed E-state index contributed by atoms with van der Waals surface area (Å²) < 4.78 is 12.2. The van der Waals surface area contributed by atoms with Crippen LogP contribution in [0.1, 0.15) is 21.9 Å². The Hall–Kier alpha value is -2.01. The van der Waals surface area contributed by atoms with E-state index in [0.29, 0.717) is 32.9 Å². The number of hydrogen-bond acceptors (Lipinski definition) is 3. The van der Waals surface area contributed by atoms with Crippen LogP contribution in [0.25, 0.3) is 6.08 Å². The maximum absolute atomic E-state index is 12.1. The van der Waals surface area contributed by atoms with E-state index in [1.165, 1.54) is 6.08 Å². The van der Waals surface area contributed by atoms with E-state index in [4.69, 9.17) is 32.4 Å². The van der Waals surface area contributed by atoms with E-state index in [-0.39, 0.29) is 12.4 Å². The summed E-state index contributed by atoms with van der Waals surface area (Å²) in [6.45, 7) is 0.243. The Morgan fingerprint density at radius 3 is 2.54 bits per heavy atom. The van der Waals surface area contributed by atoms with Gasteiger partial charge in [-0.1, -0.05) is 39.1 Å². The van der Waals surface area contributed by atoms with Gasteiger partial charge in [-0.2, -0.15) is 0 Å². The molecule has 0 aliphatic heterocycles. The highest BCUT2D eigenvalue weighted by Crippen LogP contribution is 2.27. The summed E-state index contributed by atoms with van der Waals surface area (Å²) in [7, 11) is 0. The molecule has 1 heterocycles. The van der Waals surface area contributed by atoms with Gasteiger partial charge in [0, 0.05) is 16.1 Å².